The third-order valence-electron chi connectivity index (χ3n) is 2.48. The van der Waals surface area contributed by atoms with Gasteiger partial charge >= 0.3 is 0 Å². The number of nitrogens with one attached hydrogen (secondary N) is 2. The Bertz CT molecular complexity index is 463. The zero-order valence-corrected chi connectivity index (χ0v) is 11.6. The molecule has 0 spiro atoms. The Morgan fingerprint density at radius 2 is 2.00 bits per heavy atom. The third-order valence-corrected chi connectivity index (χ3v) is 2.48. The second-order valence-corrected chi connectivity index (χ2v) is 4.52. The van der Waals surface area contributed by atoms with Crippen LogP contribution >= 0.6 is 0 Å². The van der Waals surface area contributed by atoms with Crippen LogP contribution in [-0.2, 0) is 4.79 Å². The van der Waals surface area contributed by atoms with Gasteiger partial charge in [0.25, 0.3) is 0 Å². The highest BCUT2D eigenvalue weighted by atomic mass is 19.1. The fourth-order valence-electron chi connectivity index (χ4n) is 1.55. The Morgan fingerprint density at radius 3 is 2.53 bits per heavy atom. The number of nitrogens with two attached hydrogens (primary N) is 1. The van der Waals surface area contributed by atoms with Crippen molar-refractivity contribution in [3.8, 4) is 5.75 Å². The molecule has 0 aliphatic carbocycles. The van der Waals surface area contributed by atoms with Crippen molar-refractivity contribution < 1.29 is 13.9 Å². The van der Waals surface area contributed by atoms with Crippen molar-refractivity contribution in [2.45, 2.75) is 32.9 Å². The molecule has 1 aromatic carbocycles. The minimum Gasteiger partial charge on any atom is -0.488 e. The Kier molecular flexibility index (Phi) is 4.97. The quantitative estimate of drug-likeness (QED) is 0.712. The molecule has 1 unspecified atom stereocenters. The van der Waals surface area contributed by atoms with E-state index in [0.29, 0.717) is 5.69 Å². The van der Waals surface area contributed by atoms with Gasteiger partial charge in [0.1, 0.15) is 6.04 Å². The molecule has 106 valence electrons. The van der Waals surface area contributed by atoms with E-state index >= 15 is 0 Å². The largest absolute Gasteiger partial charge is 0.488 e. The van der Waals surface area contributed by atoms with Crippen LogP contribution in [0.5, 0.6) is 5.75 Å². The van der Waals surface area contributed by atoms with Crippen molar-refractivity contribution in [3.05, 3.63) is 17.9 Å². The monoisotopic (exact) mass is 269 g/mol. The van der Waals surface area contributed by atoms with Gasteiger partial charge in [-0.1, -0.05) is 0 Å². The highest BCUT2D eigenvalue weighted by Gasteiger charge is 2.15. The van der Waals surface area contributed by atoms with E-state index in [4.69, 9.17) is 10.5 Å². The van der Waals surface area contributed by atoms with Gasteiger partial charge in [-0.25, -0.2) is 4.39 Å². The molecular weight excluding hydrogens is 249 g/mol. The van der Waals surface area contributed by atoms with Crippen molar-refractivity contribution in [2.75, 3.05) is 18.1 Å². The normalized spacial score (nSPS) is 12.1. The van der Waals surface area contributed by atoms with Gasteiger partial charge in [0, 0.05) is 19.2 Å². The molecule has 1 rings (SSSR count). The van der Waals surface area contributed by atoms with E-state index in [1.807, 2.05) is 0 Å². The average Bonchev–Trinajstić information content (AvgIpc) is 2.33. The number of amides is 1. The number of likely N-dealkylation sites (N-methyl/N-ethyl adjacent to an activating group) is 1. The van der Waals surface area contributed by atoms with Crippen molar-refractivity contribution in [3.63, 3.8) is 0 Å². The first-order valence-corrected chi connectivity index (χ1v) is 6.09. The fourth-order valence-corrected chi connectivity index (χ4v) is 1.55. The molecule has 0 saturated heterocycles. The second kappa shape index (κ2) is 6.26. The molecule has 0 aromatic heterocycles. The van der Waals surface area contributed by atoms with Gasteiger partial charge in [-0.15, -0.1) is 0 Å². The lowest BCUT2D eigenvalue weighted by molar-refractivity contribution is -0.121. The van der Waals surface area contributed by atoms with Crippen LogP contribution in [0.1, 0.15) is 20.8 Å². The van der Waals surface area contributed by atoms with Crippen LogP contribution in [0.3, 0.4) is 0 Å². The van der Waals surface area contributed by atoms with Crippen molar-refractivity contribution in [1.82, 2.24) is 5.32 Å². The zero-order valence-electron chi connectivity index (χ0n) is 11.6. The molecule has 5 nitrogen and oxygen atoms in total. The molecule has 6 heteroatoms. The number of nitrogen functional groups attached to an aromatic ring is 1. The summed E-state index contributed by atoms with van der Waals surface area (Å²) in [5.41, 5.74) is 6.41. The first-order chi connectivity index (χ1) is 8.85. The van der Waals surface area contributed by atoms with Gasteiger partial charge in [-0.05, 0) is 20.8 Å². The van der Waals surface area contributed by atoms with Gasteiger partial charge < -0.3 is 21.1 Å². The molecule has 0 aliphatic heterocycles. The van der Waals surface area contributed by atoms with Crippen molar-refractivity contribution in [2.24, 2.45) is 0 Å². The topological polar surface area (TPSA) is 76.4 Å². The van der Waals surface area contributed by atoms with E-state index < -0.39 is 11.9 Å². The predicted octanol–water partition coefficient (Wildman–Crippen LogP) is 1.74. The van der Waals surface area contributed by atoms with E-state index in [1.54, 1.807) is 27.8 Å². The number of hydrogen-bond donors (Lipinski definition) is 3. The summed E-state index contributed by atoms with van der Waals surface area (Å²) in [5.74, 6) is -0.602. The molecule has 1 amide bonds. The standard InChI is InChI=1S/C13H20FN3O2/c1-7(2)19-12-6-11(10(15)5-9(12)14)17-8(3)13(18)16-4/h5-8,17H,15H2,1-4H3,(H,16,18). The number of benzene rings is 1. The van der Waals surface area contributed by atoms with Gasteiger partial charge in [0.05, 0.1) is 17.5 Å². The average molecular weight is 269 g/mol. The van der Waals surface area contributed by atoms with Crippen molar-refractivity contribution in [1.29, 1.82) is 0 Å². The lowest BCUT2D eigenvalue weighted by Gasteiger charge is -2.18. The smallest absolute Gasteiger partial charge is 0.241 e. The molecule has 19 heavy (non-hydrogen) atoms. The molecule has 4 N–H and O–H groups in total. The Hall–Kier alpha value is -1.98. The van der Waals surface area contributed by atoms with Crippen molar-refractivity contribution >= 4 is 17.3 Å². The highest BCUT2D eigenvalue weighted by molar-refractivity contribution is 5.85. The van der Waals surface area contributed by atoms with Crippen LogP contribution in [-0.4, -0.2) is 25.1 Å². The fraction of sp³-hybridized carbons (Fsp3) is 0.462. The summed E-state index contributed by atoms with van der Waals surface area (Å²) in [4.78, 5) is 11.4. The summed E-state index contributed by atoms with van der Waals surface area (Å²) in [7, 11) is 1.54. The number of anilines is 2. The zero-order chi connectivity index (χ0) is 14.6. The summed E-state index contributed by atoms with van der Waals surface area (Å²) in [6, 6.07) is 2.16. The van der Waals surface area contributed by atoms with Gasteiger partial charge in [0.2, 0.25) is 5.91 Å². The second-order valence-electron chi connectivity index (χ2n) is 4.52. The predicted molar refractivity (Wildman–Crippen MR) is 73.7 cm³/mol. The molecule has 1 aromatic rings. The minimum absolute atomic E-state index is 0.107. The number of carbonyl (C=O) groups is 1. The summed E-state index contributed by atoms with van der Waals surface area (Å²) >= 11 is 0. The van der Waals surface area contributed by atoms with E-state index in [-0.39, 0.29) is 23.4 Å². The lowest BCUT2D eigenvalue weighted by atomic mass is 10.2. The van der Waals surface area contributed by atoms with Gasteiger partial charge in [-0.2, -0.15) is 0 Å². The first-order valence-electron chi connectivity index (χ1n) is 6.09. The maximum Gasteiger partial charge on any atom is 0.241 e. The molecular formula is C13H20FN3O2. The Labute approximate surface area is 112 Å². The van der Waals surface area contributed by atoms with Crippen LogP contribution < -0.4 is 21.1 Å². The van der Waals surface area contributed by atoms with Gasteiger partial charge in [-0.3, -0.25) is 4.79 Å². The Balaban J connectivity index is 2.97. The maximum absolute atomic E-state index is 13.6. The van der Waals surface area contributed by atoms with Crippen LogP contribution in [0.4, 0.5) is 15.8 Å². The molecule has 0 radical (unpaired) electrons. The number of hydrogen-bond acceptors (Lipinski definition) is 4. The number of rotatable bonds is 5. The third kappa shape index (κ3) is 4.01. The molecule has 0 bridgehead atoms. The maximum atomic E-state index is 13.6. The van der Waals surface area contributed by atoms with Gasteiger partial charge in [0.15, 0.2) is 11.6 Å². The number of ether oxygens (including phenoxy) is 1. The molecule has 0 heterocycles. The Morgan fingerprint density at radius 1 is 1.37 bits per heavy atom. The lowest BCUT2D eigenvalue weighted by Crippen LogP contribution is -2.35. The summed E-state index contributed by atoms with van der Waals surface area (Å²) in [6.45, 7) is 5.29. The van der Waals surface area contributed by atoms with Crippen LogP contribution in [0.25, 0.3) is 0 Å². The summed E-state index contributed by atoms with van der Waals surface area (Å²) < 4.78 is 19.0. The highest BCUT2D eigenvalue weighted by Crippen LogP contribution is 2.29. The molecule has 0 saturated carbocycles. The van der Waals surface area contributed by atoms with E-state index in [0.717, 1.165) is 0 Å². The SMILES string of the molecule is CNC(=O)C(C)Nc1cc(OC(C)C)c(F)cc1N. The van der Waals surface area contributed by atoms with E-state index in [1.165, 1.54) is 12.1 Å². The first kappa shape index (κ1) is 15.1. The summed E-state index contributed by atoms with van der Waals surface area (Å²) in [5, 5.41) is 5.43. The molecule has 0 fully saturated rings. The number of carbonyl (C=O) groups excluding carboxylic acids is 1. The number of halogens is 1. The van der Waals surface area contributed by atoms with Crippen LogP contribution in [0.2, 0.25) is 0 Å². The van der Waals surface area contributed by atoms with Crippen LogP contribution in [0.15, 0.2) is 12.1 Å². The minimum atomic E-state index is -0.524. The van der Waals surface area contributed by atoms with E-state index in [9.17, 15) is 9.18 Å². The molecule has 1 atom stereocenters. The van der Waals surface area contributed by atoms with E-state index in [2.05, 4.69) is 10.6 Å². The van der Waals surface area contributed by atoms with Crippen LogP contribution in [0, 0.1) is 5.82 Å². The summed E-state index contributed by atoms with van der Waals surface area (Å²) in [6.07, 6.45) is -0.151. The molecule has 0 aliphatic rings.